The van der Waals surface area contributed by atoms with Gasteiger partial charge in [-0.2, -0.15) is 0 Å². The molecule has 9 aromatic rings. The Morgan fingerprint density at radius 2 is 1.28 bits per heavy atom. The highest BCUT2D eigenvalue weighted by atomic mass is 15.1. The van der Waals surface area contributed by atoms with Crippen molar-refractivity contribution in [2.45, 2.75) is 33.1 Å². The fourth-order valence-corrected chi connectivity index (χ4v) is 9.70. The lowest BCUT2D eigenvalue weighted by atomic mass is 9.93. The predicted molar refractivity (Wildman–Crippen MR) is 248 cm³/mol. The molecule has 0 radical (unpaired) electrons. The molecule has 278 valence electrons. The van der Waals surface area contributed by atoms with Gasteiger partial charge in [-0.3, -0.25) is 0 Å². The van der Waals surface area contributed by atoms with Gasteiger partial charge >= 0.3 is 0 Å². The van der Waals surface area contributed by atoms with E-state index < -0.39 is 0 Å². The van der Waals surface area contributed by atoms with Crippen molar-refractivity contribution in [1.29, 1.82) is 0 Å². The minimum atomic E-state index is 0.924. The van der Waals surface area contributed by atoms with E-state index in [1.807, 2.05) is 0 Å². The van der Waals surface area contributed by atoms with Gasteiger partial charge in [-0.1, -0.05) is 146 Å². The van der Waals surface area contributed by atoms with E-state index in [1.54, 1.807) is 0 Å². The highest BCUT2D eigenvalue weighted by molar-refractivity contribution is 6.11. The highest BCUT2D eigenvalue weighted by Gasteiger charge is 2.24. The van der Waals surface area contributed by atoms with Crippen LogP contribution in [0.5, 0.6) is 0 Å². The summed E-state index contributed by atoms with van der Waals surface area (Å²) in [5, 5.41) is 4.98. The average molecular weight is 746 g/mol. The number of rotatable bonds is 6. The Kier molecular flexibility index (Phi) is 8.15. The molecule has 0 spiro atoms. The lowest BCUT2D eigenvalue weighted by Crippen LogP contribution is -2.04. The summed E-state index contributed by atoms with van der Waals surface area (Å²) in [5.74, 6) is 0. The van der Waals surface area contributed by atoms with Gasteiger partial charge in [-0.25, -0.2) is 0 Å². The lowest BCUT2D eigenvalue weighted by molar-refractivity contribution is 1.03. The molecule has 3 nitrogen and oxygen atoms in total. The Morgan fingerprint density at radius 1 is 0.552 bits per heavy atom. The van der Waals surface area contributed by atoms with Crippen LogP contribution in [0.1, 0.15) is 54.3 Å². The van der Waals surface area contributed by atoms with E-state index in [1.165, 1.54) is 99.8 Å². The van der Waals surface area contributed by atoms with Crippen LogP contribution in [-0.4, -0.2) is 13.7 Å². The average Bonchev–Trinajstić information content (AvgIpc) is 3.79. The van der Waals surface area contributed by atoms with E-state index in [2.05, 4.69) is 216 Å². The van der Waals surface area contributed by atoms with Crippen LogP contribution in [0, 0.1) is 6.92 Å². The van der Waals surface area contributed by atoms with Crippen molar-refractivity contribution in [3.8, 4) is 28.2 Å². The Labute approximate surface area is 339 Å². The maximum absolute atomic E-state index is 2.52. The van der Waals surface area contributed by atoms with Gasteiger partial charge in [0.05, 0.1) is 39.1 Å². The van der Waals surface area contributed by atoms with Crippen LogP contribution < -0.4 is 0 Å². The summed E-state index contributed by atoms with van der Waals surface area (Å²) in [6.07, 6.45) is 23.7. The van der Waals surface area contributed by atoms with E-state index >= 15 is 0 Å². The van der Waals surface area contributed by atoms with Gasteiger partial charge in [0.15, 0.2) is 0 Å². The number of para-hydroxylation sites is 4. The first-order valence-electron chi connectivity index (χ1n) is 20.5. The van der Waals surface area contributed by atoms with Crippen molar-refractivity contribution in [2.75, 3.05) is 0 Å². The minimum absolute atomic E-state index is 0.924. The van der Waals surface area contributed by atoms with Crippen LogP contribution >= 0.6 is 0 Å². The molecular formula is C55H43N3. The summed E-state index contributed by atoms with van der Waals surface area (Å²) in [6.45, 7) is 4.39. The van der Waals surface area contributed by atoms with Gasteiger partial charge in [-0.05, 0) is 86.7 Å². The molecule has 0 fully saturated rings. The number of nitrogens with zero attached hydrogens (tertiary/aromatic N) is 3. The zero-order valence-corrected chi connectivity index (χ0v) is 32.9. The molecular weight excluding hydrogens is 703 g/mol. The molecule has 0 N–H and O–H groups in total. The van der Waals surface area contributed by atoms with Crippen LogP contribution in [0.15, 0.2) is 170 Å². The third-order valence-electron chi connectivity index (χ3n) is 12.2. The molecule has 2 aliphatic rings. The Morgan fingerprint density at radius 3 is 2.10 bits per heavy atom. The van der Waals surface area contributed by atoms with Crippen LogP contribution in [-0.2, 0) is 0 Å². The van der Waals surface area contributed by atoms with Gasteiger partial charge in [0.2, 0.25) is 0 Å². The maximum Gasteiger partial charge on any atom is 0.0779 e. The molecule has 3 heteroatoms. The molecule has 0 aliphatic heterocycles. The monoisotopic (exact) mass is 745 g/mol. The molecule has 3 heterocycles. The normalized spacial score (nSPS) is 14.0. The molecule has 0 unspecified atom stereocenters. The standard InChI is InChI=1S/C55H43N3/c1-3-19-41-37(2)56(55-47(41)29-18-33-53(55)57-49-30-12-6-11-24-44(49)45-25-13-15-31-50(45)57)40-34-35-52-48(36-40)46-26-14-16-32-51(46)58(52)54-42(38-20-7-4-8-21-38)27-17-28-43(54)39-22-9-5-10-23-39/h3-4,7-9,11-36H,5-6,10H2,1-2H3/b19-3-. The fraction of sp³-hybridized carbons (Fsp3) is 0.0909. The van der Waals surface area contributed by atoms with Crippen molar-refractivity contribution in [3.63, 3.8) is 0 Å². The maximum atomic E-state index is 2.52. The molecule has 11 rings (SSSR count). The molecule has 58 heavy (non-hydrogen) atoms. The first-order valence-corrected chi connectivity index (χ1v) is 20.5. The van der Waals surface area contributed by atoms with E-state index in [0.29, 0.717) is 0 Å². The van der Waals surface area contributed by atoms with Gasteiger partial charge in [0.25, 0.3) is 0 Å². The zero-order chi connectivity index (χ0) is 38.7. The molecule has 0 bridgehead atoms. The first-order chi connectivity index (χ1) is 28.7. The zero-order valence-electron chi connectivity index (χ0n) is 32.9. The number of allylic oxidation sites excluding steroid dienone is 7. The number of hydrogen-bond acceptors (Lipinski definition) is 0. The number of hydrogen-bond donors (Lipinski definition) is 0. The second-order valence-electron chi connectivity index (χ2n) is 15.5. The Balaban J connectivity index is 1.21. The van der Waals surface area contributed by atoms with Crippen molar-refractivity contribution in [2.24, 2.45) is 0 Å². The van der Waals surface area contributed by atoms with Crippen LogP contribution in [0.3, 0.4) is 0 Å². The second kappa shape index (κ2) is 13.8. The van der Waals surface area contributed by atoms with E-state index in [0.717, 1.165) is 24.9 Å². The Hall–Kier alpha value is -7.10. The SMILES string of the molecule is C/C=C\c1c(C)n(-c2ccc3c(c2)c2ccccc2n3-c2c(C3=CCCC=C3)cccc2-c2ccccc2)c2c(-n3c4c(c5ccccc53)C=CCC=C4)cccc12. The number of benzene rings is 6. The van der Waals surface area contributed by atoms with Crippen molar-refractivity contribution < 1.29 is 0 Å². The van der Waals surface area contributed by atoms with Crippen LogP contribution in [0.2, 0.25) is 0 Å². The van der Waals surface area contributed by atoms with Gasteiger partial charge in [-0.15, -0.1) is 0 Å². The summed E-state index contributed by atoms with van der Waals surface area (Å²) >= 11 is 0. The molecule has 6 aromatic carbocycles. The molecule has 0 atom stereocenters. The summed E-state index contributed by atoms with van der Waals surface area (Å²) in [4.78, 5) is 0. The number of fused-ring (bicyclic) bond motifs is 7. The van der Waals surface area contributed by atoms with Crippen LogP contribution in [0.4, 0.5) is 0 Å². The molecule has 2 aliphatic carbocycles. The van der Waals surface area contributed by atoms with Crippen molar-refractivity contribution in [3.05, 3.63) is 198 Å². The topological polar surface area (TPSA) is 14.8 Å². The first kappa shape index (κ1) is 34.2. The summed E-state index contributed by atoms with van der Waals surface area (Å²) in [7, 11) is 0. The molecule has 3 aromatic heterocycles. The quantitative estimate of drug-likeness (QED) is 0.161. The van der Waals surface area contributed by atoms with Crippen molar-refractivity contribution >= 4 is 67.4 Å². The third kappa shape index (κ3) is 5.20. The molecule has 0 saturated heterocycles. The summed E-state index contributed by atoms with van der Waals surface area (Å²) in [5.41, 5.74) is 18.3. The Bertz CT molecular complexity index is 3260. The van der Waals surface area contributed by atoms with Crippen molar-refractivity contribution in [1.82, 2.24) is 13.7 Å². The fourth-order valence-electron chi connectivity index (χ4n) is 9.70. The lowest BCUT2D eigenvalue weighted by Gasteiger charge is -2.20. The van der Waals surface area contributed by atoms with E-state index in [9.17, 15) is 0 Å². The second-order valence-corrected chi connectivity index (χ2v) is 15.5. The van der Waals surface area contributed by atoms with E-state index in [4.69, 9.17) is 0 Å². The third-order valence-corrected chi connectivity index (χ3v) is 12.2. The van der Waals surface area contributed by atoms with Gasteiger partial charge < -0.3 is 13.7 Å². The van der Waals surface area contributed by atoms with Gasteiger partial charge in [0.1, 0.15) is 0 Å². The molecule has 0 saturated carbocycles. The predicted octanol–water partition coefficient (Wildman–Crippen LogP) is 14.8. The summed E-state index contributed by atoms with van der Waals surface area (Å²) < 4.78 is 7.51. The largest absolute Gasteiger partial charge is 0.311 e. The van der Waals surface area contributed by atoms with Gasteiger partial charge in [0, 0.05) is 55.2 Å². The smallest absolute Gasteiger partial charge is 0.0779 e. The number of aromatic nitrogens is 3. The van der Waals surface area contributed by atoms with Crippen LogP contribution in [0.25, 0.3) is 95.6 Å². The molecule has 0 amide bonds. The highest BCUT2D eigenvalue weighted by Crippen LogP contribution is 2.43. The van der Waals surface area contributed by atoms with E-state index in [-0.39, 0.29) is 0 Å². The minimum Gasteiger partial charge on any atom is -0.311 e. The summed E-state index contributed by atoms with van der Waals surface area (Å²) in [6, 6.07) is 49.4.